The molecule has 0 spiro atoms. The van der Waals surface area contributed by atoms with Crippen LogP contribution in [0.15, 0.2) is 12.1 Å². The molecule has 1 saturated heterocycles. The molecule has 1 fully saturated rings. The number of benzene rings is 1. The number of rotatable bonds is 2. The normalized spacial score (nSPS) is 20.1. The number of halogens is 2. The SMILES string of the molecule is Nc1cc(F)c(F)cc1N1CC(CS)CC1=O. The molecule has 17 heavy (non-hydrogen) atoms. The maximum Gasteiger partial charge on any atom is 0.227 e. The summed E-state index contributed by atoms with van der Waals surface area (Å²) in [5.74, 6) is -1.45. The van der Waals surface area contributed by atoms with Crippen molar-refractivity contribution in [3.63, 3.8) is 0 Å². The number of carbonyl (C=O) groups is 1. The fourth-order valence-electron chi connectivity index (χ4n) is 1.92. The number of hydrogen-bond acceptors (Lipinski definition) is 3. The van der Waals surface area contributed by atoms with Crippen LogP contribution in [0.1, 0.15) is 6.42 Å². The number of carbonyl (C=O) groups excluding carboxylic acids is 1. The van der Waals surface area contributed by atoms with E-state index < -0.39 is 11.6 Å². The summed E-state index contributed by atoms with van der Waals surface area (Å²) in [6, 6.07) is 1.86. The maximum atomic E-state index is 13.1. The molecule has 0 radical (unpaired) electrons. The van der Waals surface area contributed by atoms with E-state index in [0.29, 0.717) is 18.7 Å². The van der Waals surface area contributed by atoms with Crippen molar-refractivity contribution in [2.75, 3.05) is 22.9 Å². The van der Waals surface area contributed by atoms with Crippen molar-refractivity contribution in [3.05, 3.63) is 23.8 Å². The Hall–Kier alpha value is -1.30. The third-order valence-electron chi connectivity index (χ3n) is 2.82. The molecule has 1 aliphatic heterocycles. The Bertz CT molecular complexity index is 467. The maximum absolute atomic E-state index is 13.1. The van der Waals surface area contributed by atoms with Crippen molar-refractivity contribution in [1.29, 1.82) is 0 Å². The van der Waals surface area contributed by atoms with Crippen LogP contribution in [0.4, 0.5) is 20.2 Å². The number of hydrogen-bond donors (Lipinski definition) is 2. The molecule has 1 heterocycles. The average Bonchev–Trinajstić information content (AvgIpc) is 2.65. The quantitative estimate of drug-likeness (QED) is 0.628. The van der Waals surface area contributed by atoms with Gasteiger partial charge < -0.3 is 10.6 Å². The van der Waals surface area contributed by atoms with Crippen LogP contribution in [0.25, 0.3) is 0 Å². The van der Waals surface area contributed by atoms with Crippen molar-refractivity contribution in [1.82, 2.24) is 0 Å². The fourth-order valence-corrected chi connectivity index (χ4v) is 2.17. The Morgan fingerprint density at radius 3 is 2.65 bits per heavy atom. The molecule has 1 amide bonds. The second kappa shape index (κ2) is 4.52. The van der Waals surface area contributed by atoms with E-state index in [0.717, 1.165) is 12.1 Å². The molecule has 1 unspecified atom stereocenters. The topological polar surface area (TPSA) is 46.3 Å². The molecule has 2 rings (SSSR count). The standard InChI is InChI=1S/C11H12F2N2OS/c12-7-2-9(14)10(3-8(7)13)15-4-6(5-17)1-11(15)16/h2-3,6,17H,1,4-5,14H2. The van der Waals surface area contributed by atoms with E-state index in [1.165, 1.54) is 4.90 Å². The van der Waals surface area contributed by atoms with E-state index in [9.17, 15) is 13.6 Å². The van der Waals surface area contributed by atoms with Gasteiger partial charge in [-0.3, -0.25) is 4.79 Å². The fraction of sp³-hybridized carbons (Fsp3) is 0.364. The van der Waals surface area contributed by atoms with Gasteiger partial charge in [0, 0.05) is 25.1 Å². The van der Waals surface area contributed by atoms with Gasteiger partial charge in [0.05, 0.1) is 11.4 Å². The largest absolute Gasteiger partial charge is 0.397 e. The van der Waals surface area contributed by atoms with Crippen molar-refractivity contribution >= 4 is 29.9 Å². The molecule has 6 heteroatoms. The summed E-state index contributed by atoms with van der Waals surface area (Å²) < 4.78 is 26.1. The first-order valence-corrected chi connectivity index (χ1v) is 5.82. The summed E-state index contributed by atoms with van der Waals surface area (Å²) in [6.07, 6.45) is 0.363. The molecule has 0 bridgehead atoms. The van der Waals surface area contributed by atoms with Crippen LogP contribution in [0.3, 0.4) is 0 Å². The smallest absolute Gasteiger partial charge is 0.227 e. The third kappa shape index (κ3) is 2.22. The summed E-state index contributed by atoms with van der Waals surface area (Å²) >= 11 is 4.13. The number of nitrogen functional groups attached to an aromatic ring is 1. The number of amides is 1. The zero-order chi connectivity index (χ0) is 12.6. The van der Waals surface area contributed by atoms with Gasteiger partial charge in [-0.05, 0) is 11.7 Å². The van der Waals surface area contributed by atoms with E-state index in [1.807, 2.05) is 0 Å². The first kappa shape index (κ1) is 12.2. The van der Waals surface area contributed by atoms with Crippen molar-refractivity contribution in [3.8, 4) is 0 Å². The van der Waals surface area contributed by atoms with Crippen LogP contribution >= 0.6 is 12.6 Å². The molecule has 0 saturated carbocycles. The molecule has 92 valence electrons. The summed E-state index contributed by atoms with van der Waals surface area (Å²) in [5, 5.41) is 0. The van der Waals surface area contributed by atoms with Gasteiger partial charge in [0.15, 0.2) is 11.6 Å². The van der Waals surface area contributed by atoms with Gasteiger partial charge >= 0.3 is 0 Å². The van der Waals surface area contributed by atoms with Crippen LogP contribution in [0.2, 0.25) is 0 Å². The van der Waals surface area contributed by atoms with Gasteiger partial charge in [-0.1, -0.05) is 0 Å². The number of nitrogens with two attached hydrogens (primary N) is 1. The first-order chi connectivity index (χ1) is 8.02. The lowest BCUT2D eigenvalue weighted by atomic mass is 10.1. The Morgan fingerprint density at radius 2 is 2.06 bits per heavy atom. The van der Waals surface area contributed by atoms with Crippen molar-refractivity contribution in [2.24, 2.45) is 5.92 Å². The molecule has 0 aromatic heterocycles. The highest BCUT2D eigenvalue weighted by molar-refractivity contribution is 7.80. The molecule has 2 N–H and O–H groups in total. The van der Waals surface area contributed by atoms with Gasteiger partial charge in [0.1, 0.15) is 0 Å². The van der Waals surface area contributed by atoms with E-state index in [-0.39, 0.29) is 23.2 Å². The molecule has 3 nitrogen and oxygen atoms in total. The highest BCUT2D eigenvalue weighted by Gasteiger charge is 2.31. The predicted molar refractivity (Wildman–Crippen MR) is 65.1 cm³/mol. The van der Waals surface area contributed by atoms with Crippen LogP contribution in [-0.4, -0.2) is 18.2 Å². The van der Waals surface area contributed by atoms with Gasteiger partial charge in [-0.25, -0.2) is 8.78 Å². The number of anilines is 2. The average molecular weight is 258 g/mol. The molecule has 1 aromatic rings. The number of thiol groups is 1. The van der Waals surface area contributed by atoms with E-state index in [2.05, 4.69) is 12.6 Å². The van der Waals surface area contributed by atoms with Crippen molar-refractivity contribution < 1.29 is 13.6 Å². The number of nitrogens with zero attached hydrogens (tertiary/aromatic N) is 1. The molecule has 1 aromatic carbocycles. The summed E-state index contributed by atoms with van der Waals surface area (Å²) in [5.41, 5.74) is 5.90. The third-order valence-corrected chi connectivity index (χ3v) is 3.34. The first-order valence-electron chi connectivity index (χ1n) is 5.18. The lowest BCUT2D eigenvalue weighted by Crippen LogP contribution is -2.26. The van der Waals surface area contributed by atoms with Gasteiger partial charge in [-0.2, -0.15) is 12.6 Å². The summed E-state index contributed by atoms with van der Waals surface area (Å²) in [6.45, 7) is 0.442. The van der Waals surface area contributed by atoms with Crippen LogP contribution in [0.5, 0.6) is 0 Å². The minimum atomic E-state index is -1.01. The minimum absolute atomic E-state index is 0.0667. The molecular weight excluding hydrogens is 246 g/mol. The van der Waals surface area contributed by atoms with E-state index in [1.54, 1.807) is 0 Å². The van der Waals surface area contributed by atoms with Crippen LogP contribution in [-0.2, 0) is 4.79 Å². The zero-order valence-corrected chi connectivity index (χ0v) is 9.88. The minimum Gasteiger partial charge on any atom is -0.397 e. The molecule has 0 aliphatic carbocycles. The second-order valence-electron chi connectivity index (χ2n) is 4.08. The van der Waals surface area contributed by atoms with E-state index >= 15 is 0 Å². The van der Waals surface area contributed by atoms with Crippen molar-refractivity contribution in [2.45, 2.75) is 6.42 Å². The molecular formula is C11H12F2N2OS. The zero-order valence-electron chi connectivity index (χ0n) is 8.99. The summed E-state index contributed by atoms with van der Waals surface area (Å²) in [7, 11) is 0. The molecule has 1 aliphatic rings. The Balaban J connectivity index is 2.35. The highest BCUT2D eigenvalue weighted by Crippen LogP contribution is 2.31. The van der Waals surface area contributed by atoms with Gasteiger partial charge in [-0.15, -0.1) is 0 Å². The van der Waals surface area contributed by atoms with Crippen LogP contribution in [0, 0.1) is 17.6 Å². The second-order valence-corrected chi connectivity index (χ2v) is 4.45. The monoisotopic (exact) mass is 258 g/mol. The summed E-state index contributed by atoms with van der Waals surface area (Å²) in [4.78, 5) is 13.1. The van der Waals surface area contributed by atoms with Crippen LogP contribution < -0.4 is 10.6 Å². The Morgan fingerprint density at radius 1 is 1.41 bits per heavy atom. The lowest BCUT2D eigenvalue weighted by Gasteiger charge is -2.18. The predicted octanol–water partition coefficient (Wildman–Crippen LogP) is 1.83. The van der Waals surface area contributed by atoms with Gasteiger partial charge in [0.25, 0.3) is 0 Å². The van der Waals surface area contributed by atoms with Gasteiger partial charge in [0.2, 0.25) is 5.91 Å². The lowest BCUT2D eigenvalue weighted by molar-refractivity contribution is -0.117. The Labute approximate surface area is 103 Å². The van der Waals surface area contributed by atoms with E-state index in [4.69, 9.17) is 5.73 Å². The Kier molecular flexibility index (Phi) is 3.24. The highest BCUT2D eigenvalue weighted by atomic mass is 32.1. The molecule has 1 atom stereocenters.